The fourth-order valence-electron chi connectivity index (χ4n) is 0.849. The van der Waals surface area contributed by atoms with E-state index >= 15 is 0 Å². The summed E-state index contributed by atoms with van der Waals surface area (Å²) in [5, 5.41) is 0. The third kappa shape index (κ3) is 5.32. The first-order valence-electron chi connectivity index (χ1n) is 3.90. The molecule has 0 bridgehead atoms. The molecule has 0 unspecified atom stereocenters. The van der Waals surface area contributed by atoms with Gasteiger partial charge >= 0.3 is 0 Å². The van der Waals surface area contributed by atoms with Gasteiger partial charge < -0.3 is 4.18 Å². The number of hydrogen-bond acceptors (Lipinski definition) is 2. The molecule has 0 atom stereocenters. The summed E-state index contributed by atoms with van der Waals surface area (Å²) in [4.78, 5) is 0. The molecule has 0 saturated heterocycles. The van der Waals surface area contributed by atoms with E-state index in [1.807, 2.05) is 31.2 Å². The Hall–Kier alpha value is 0.400. The first-order valence-corrected chi connectivity index (χ1v) is 5.78. The number of halogens is 3. The lowest BCUT2D eigenvalue weighted by atomic mass is 10.2. The van der Waals surface area contributed by atoms with Crippen LogP contribution in [0.1, 0.15) is 11.1 Å². The number of alkyl halides is 3. The largest absolute Gasteiger partial charge is 0.306 e. The van der Waals surface area contributed by atoms with Crippen molar-refractivity contribution in [3.8, 4) is 0 Å². The lowest BCUT2D eigenvalue weighted by Gasteiger charge is -2.09. The van der Waals surface area contributed by atoms with Gasteiger partial charge in [-0.3, -0.25) is 0 Å². The van der Waals surface area contributed by atoms with Gasteiger partial charge in [-0.1, -0.05) is 64.6 Å². The van der Waals surface area contributed by atoms with Gasteiger partial charge in [0.1, 0.15) is 0 Å². The van der Waals surface area contributed by atoms with Crippen molar-refractivity contribution in [2.45, 2.75) is 16.7 Å². The Morgan fingerprint density at radius 3 is 2.29 bits per heavy atom. The number of rotatable bonds is 3. The maximum absolute atomic E-state index is 5.49. The predicted molar refractivity (Wildman–Crippen MR) is 63.8 cm³/mol. The van der Waals surface area contributed by atoms with Crippen molar-refractivity contribution in [3.05, 3.63) is 35.4 Å². The van der Waals surface area contributed by atoms with E-state index < -0.39 is 3.12 Å². The van der Waals surface area contributed by atoms with Gasteiger partial charge in [0.15, 0.2) is 0 Å². The average molecular weight is 272 g/mol. The molecule has 14 heavy (non-hydrogen) atoms. The van der Waals surface area contributed by atoms with Crippen molar-refractivity contribution in [3.63, 3.8) is 0 Å². The minimum Gasteiger partial charge on any atom is -0.306 e. The van der Waals surface area contributed by atoms with Gasteiger partial charge in [-0.25, -0.2) is 0 Å². The fourth-order valence-corrected chi connectivity index (χ4v) is 1.58. The normalized spacial score (nSPS) is 11.7. The average Bonchev–Trinajstić information content (AvgIpc) is 2.06. The second-order valence-electron chi connectivity index (χ2n) is 2.78. The summed E-state index contributed by atoms with van der Waals surface area (Å²) >= 11 is 17.3. The van der Waals surface area contributed by atoms with Gasteiger partial charge in [-0.05, 0) is 12.5 Å². The van der Waals surface area contributed by atoms with Gasteiger partial charge in [-0.15, -0.1) is 0 Å². The van der Waals surface area contributed by atoms with E-state index in [1.165, 1.54) is 5.56 Å². The van der Waals surface area contributed by atoms with Crippen LogP contribution in [0.2, 0.25) is 0 Å². The number of benzene rings is 1. The van der Waals surface area contributed by atoms with Crippen LogP contribution in [0, 0.1) is 6.92 Å². The lowest BCUT2D eigenvalue weighted by molar-refractivity contribution is 0.364. The molecule has 0 aliphatic heterocycles. The molecule has 0 saturated carbocycles. The Bertz CT molecular complexity index is 281. The number of aryl methyl sites for hydroxylation is 1. The molecule has 0 fully saturated rings. The zero-order chi connectivity index (χ0) is 10.6. The first kappa shape index (κ1) is 12.5. The van der Waals surface area contributed by atoms with Crippen LogP contribution >= 0.6 is 46.8 Å². The van der Waals surface area contributed by atoms with Crippen LogP contribution in [-0.2, 0) is 10.8 Å². The molecule has 78 valence electrons. The van der Waals surface area contributed by atoms with Gasteiger partial charge in [-0.2, -0.15) is 0 Å². The highest BCUT2D eigenvalue weighted by molar-refractivity contribution is 8.00. The van der Waals surface area contributed by atoms with Crippen LogP contribution in [0.15, 0.2) is 24.3 Å². The molecule has 0 radical (unpaired) electrons. The molecule has 1 nitrogen and oxygen atoms in total. The fraction of sp³-hybridized carbons (Fsp3) is 0.333. The van der Waals surface area contributed by atoms with E-state index in [4.69, 9.17) is 39.0 Å². The van der Waals surface area contributed by atoms with Crippen molar-refractivity contribution in [1.29, 1.82) is 0 Å². The smallest absolute Gasteiger partial charge is 0.262 e. The topological polar surface area (TPSA) is 9.23 Å². The molecule has 1 aromatic rings. The minimum atomic E-state index is -1.41. The predicted octanol–water partition coefficient (Wildman–Crippen LogP) is 4.49. The lowest BCUT2D eigenvalue weighted by Crippen LogP contribution is -1.96. The maximum Gasteiger partial charge on any atom is 0.262 e. The summed E-state index contributed by atoms with van der Waals surface area (Å²) in [6, 6.07) is 7.99. The molecule has 0 aromatic heterocycles. The first-order chi connectivity index (χ1) is 6.47. The van der Waals surface area contributed by atoms with E-state index in [1.54, 1.807) is 0 Å². The highest BCUT2D eigenvalue weighted by Crippen LogP contribution is 2.39. The second kappa shape index (κ2) is 5.47. The molecule has 0 spiro atoms. The summed E-state index contributed by atoms with van der Waals surface area (Å²) < 4.78 is 3.73. The van der Waals surface area contributed by atoms with Crippen molar-refractivity contribution in [1.82, 2.24) is 0 Å². The SMILES string of the molecule is Cc1ccc(COSC(Cl)(Cl)Cl)cc1. The van der Waals surface area contributed by atoms with Gasteiger partial charge in [0.2, 0.25) is 0 Å². The Kier molecular flexibility index (Phi) is 4.88. The summed E-state index contributed by atoms with van der Waals surface area (Å²) in [6.45, 7) is 2.46. The minimum absolute atomic E-state index is 0.429. The molecule has 0 amide bonds. The molecule has 1 rings (SSSR count). The summed E-state index contributed by atoms with van der Waals surface area (Å²) in [6.07, 6.45) is 0. The van der Waals surface area contributed by atoms with Crippen LogP contribution in [0.5, 0.6) is 0 Å². The van der Waals surface area contributed by atoms with Crippen molar-refractivity contribution < 1.29 is 4.18 Å². The number of hydrogen-bond donors (Lipinski definition) is 0. The van der Waals surface area contributed by atoms with Crippen LogP contribution in [0.3, 0.4) is 0 Å². The van der Waals surface area contributed by atoms with E-state index in [2.05, 4.69) is 0 Å². The zero-order valence-corrected chi connectivity index (χ0v) is 10.6. The summed E-state index contributed by atoms with van der Waals surface area (Å²) in [5.41, 5.74) is 2.26. The highest BCUT2D eigenvalue weighted by Gasteiger charge is 2.21. The van der Waals surface area contributed by atoms with Crippen molar-refractivity contribution >= 4 is 46.8 Å². The Morgan fingerprint density at radius 2 is 1.79 bits per heavy atom. The van der Waals surface area contributed by atoms with Crippen LogP contribution < -0.4 is 0 Å². The van der Waals surface area contributed by atoms with Gasteiger partial charge in [0.25, 0.3) is 3.12 Å². The molecule has 0 N–H and O–H groups in total. The van der Waals surface area contributed by atoms with E-state index in [0.29, 0.717) is 6.61 Å². The summed E-state index contributed by atoms with van der Waals surface area (Å²) in [7, 11) is 0. The van der Waals surface area contributed by atoms with Gasteiger partial charge in [0, 0.05) is 12.0 Å². The van der Waals surface area contributed by atoms with Crippen molar-refractivity contribution in [2.24, 2.45) is 0 Å². The second-order valence-corrected chi connectivity index (χ2v) is 6.75. The zero-order valence-electron chi connectivity index (χ0n) is 7.47. The van der Waals surface area contributed by atoms with Gasteiger partial charge in [0.05, 0.1) is 6.61 Å². The third-order valence-corrected chi connectivity index (χ3v) is 2.49. The van der Waals surface area contributed by atoms with Crippen LogP contribution in [0.25, 0.3) is 0 Å². The summed E-state index contributed by atoms with van der Waals surface area (Å²) in [5.74, 6) is 0. The van der Waals surface area contributed by atoms with E-state index in [-0.39, 0.29) is 0 Å². The molecule has 1 aromatic carbocycles. The molecule has 5 heteroatoms. The Morgan fingerprint density at radius 1 is 1.21 bits per heavy atom. The third-order valence-electron chi connectivity index (χ3n) is 1.50. The van der Waals surface area contributed by atoms with E-state index in [9.17, 15) is 0 Å². The highest BCUT2D eigenvalue weighted by atomic mass is 35.6. The maximum atomic E-state index is 5.49. The monoisotopic (exact) mass is 270 g/mol. The van der Waals surface area contributed by atoms with Crippen LogP contribution in [-0.4, -0.2) is 3.12 Å². The Labute approximate surface area is 103 Å². The Balaban J connectivity index is 2.35. The standard InChI is InChI=1S/C9H9Cl3OS/c1-7-2-4-8(5-3-7)6-13-14-9(10,11)12/h2-5H,6H2,1H3. The quantitative estimate of drug-likeness (QED) is 0.592. The molecular formula is C9H9Cl3OS. The van der Waals surface area contributed by atoms with Crippen LogP contribution in [0.4, 0.5) is 0 Å². The molecule has 0 aliphatic carbocycles. The molecular weight excluding hydrogens is 263 g/mol. The molecule has 0 aliphatic rings. The molecule has 0 heterocycles. The van der Waals surface area contributed by atoms with Crippen molar-refractivity contribution in [2.75, 3.05) is 0 Å². The van der Waals surface area contributed by atoms with E-state index in [0.717, 1.165) is 17.6 Å².